The van der Waals surface area contributed by atoms with E-state index in [0.29, 0.717) is 25.0 Å². The molecular formula is C21H27NO3. The molecule has 1 aromatic carbocycles. The Hall–Kier alpha value is -2.07. The van der Waals surface area contributed by atoms with E-state index < -0.39 is 6.09 Å². The highest BCUT2D eigenvalue weighted by atomic mass is 16.6. The maximum atomic E-state index is 12.2. The van der Waals surface area contributed by atoms with Crippen LogP contribution in [0.4, 0.5) is 10.5 Å². The van der Waals surface area contributed by atoms with Gasteiger partial charge in [0.15, 0.2) is 0 Å². The number of para-hydroxylation sites is 1. The Morgan fingerprint density at radius 1 is 1.40 bits per heavy atom. The van der Waals surface area contributed by atoms with Gasteiger partial charge in [-0.3, -0.25) is 5.32 Å². The van der Waals surface area contributed by atoms with Crippen molar-refractivity contribution in [2.45, 2.75) is 26.9 Å². The molecular weight excluding hydrogens is 314 g/mol. The van der Waals surface area contributed by atoms with Gasteiger partial charge in [-0.05, 0) is 30.9 Å². The minimum Gasteiger partial charge on any atom is -0.449 e. The first-order valence-electron chi connectivity index (χ1n) is 8.89. The summed E-state index contributed by atoms with van der Waals surface area (Å²) in [7, 11) is 0. The largest absolute Gasteiger partial charge is 0.449 e. The van der Waals surface area contributed by atoms with Crippen LogP contribution in [0.2, 0.25) is 0 Å². The van der Waals surface area contributed by atoms with E-state index >= 15 is 0 Å². The van der Waals surface area contributed by atoms with Crippen molar-refractivity contribution in [1.29, 1.82) is 0 Å². The molecule has 1 saturated heterocycles. The van der Waals surface area contributed by atoms with Crippen molar-refractivity contribution < 1.29 is 14.3 Å². The molecule has 2 bridgehead atoms. The molecule has 5 atom stereocenters. The van der Waals surface area contributed by atoms with Gasteiger partial charge in [0, 0.05) is 17.0 Å². The number of benzene rings is 1. The zero-order chi connectivity index (χ0) is 18.0. The molecule has 3 rings (SSSR count). The van der Waals surface area contributed by atoms with Crippen LogP contribution in [0.5, 0.6) is 0 Å². The first-order chi connectivity index (χ1) is 12.0. The molecule has 134 valence electrons. The van der Waals surface area contributed by atoms with Crippen molar-refractivity contribution in [2.24, 2.45) is 23.2 Å². The van der Waals surface area contributed by atoms with E-state index in [9.17, 15) is 4.79 Å². The standard InChI is InChI=1S/C21H27NO3/c1-5-18-19-14(2)11-15(3)21(12-24-18,16(19)4)13-25-20(23)22-17-9-7-6-8-10-17/h5-11,15-16,18-19H,1,12-13H2,2-4H3,(H,22,23)/t15-,16-,18-,19-,21-/m1/s1. The average Bonchev–Trinajstić information content (AvgIpc) is 2.59. The second-order valence-electron chi connectivity index (χ2n) is 7.33. The molecule has 0 spiro atoms. The fourth-order valence-corrected chi connectivity index (χ4v) is 4.39. The number of amides is 1. The van der Waals surface area contributed by atoms with Crippen molar-refractivity contribution in [3.8, 4) is 0 Å². The lowest BCUT2D eigenvalue weighted by Crippen LogP contribution is -2.56. The molecule has 0 aromatic heterocycles. The van der Waals surface area contributed by atoms with Gasteiger partial charge in [-0.15, -0.1) is 6.58 Å². The van der Waals surface area contributed by atoms with E-state index in [-0.39, 0.29) is 17.4 Å². The van der Waals surface area contributed by atoms with Crippen LogP contribution in [0.3, 0.4) is 0 Å². The molecule has 2 aliphatic rings. The highest BCUT2D eigenvalue weighted by Crippen LogP contribution is 2.52. The Morgan fingerprint density at radius 2 is 2.12 bits per heavy atom. The minimum absolute atomic E-state index is 0.0324. The molecule has 0 saturated carbocycles. The molecule has 0 unspecified atom stereocenters. The van der Waals surface area contributed by atoms with Crippen LogP contribution >= 0.6 is 0 Å². The monoisotopic (exact) mass is 341 g/mol. The topological polar surface area (TPSA) is 47.6 Å². The number of allylic oxidation sites excluding steroid dienone is 1. The Morgan fingerprint density at radius 3 is 2.80 bits per heavy atom. The van der Waals surface area contributed by atoms with Gasteiger partial charge in [0.2, 0.25) is 0 Å². The van der Waals surface area contributed by atoms with Crippen molar-refractivity contribution in [3.63, 3.8) is 0 Å². The van der Waals surface area contributed by atoms with Crippen LogP contribution < -0.4 is 5.32 Å². The van der Waals surface area contributed by atoms with E-state index in [1.807, 2.05) is 36.4 Å². The smallest absolute Gasteiger partial charge is 0.411 e. The maximum absolute atomic E-state index is 12.2. The van der Waals surface area contributed by atoms with E-state index in [2.05, 4.69) is 38.7 Å². The zero-order valence-corrected chi connectivity index (χ0v) is 15.2. The van der Waals surface area contributed by atoms with Crippen LogP contribution in [0.15, 0.2) is 54.6 Å². The summed E-state index contributed by atoms with van der Waals surface area (Å²) in [6.45, 7) is 11.4. The lowest BCUT2D eigenvalue weighted by molar-refractivity contribution is -0.148. The number of ether oxygens (including phenoxy) is 2. The van der Waals surface area contributed by atoms with Crippen LogP contribution in [-0.2, 0) is 9.47 Å². The number of nitrogens with one attached hydrogen (secondary N) is 1. The predicted molar refractivity (Wildman–Crippen MR) is 99.4 cm³/mol. The number of hydrogen-bond acceptors (Lipinski definition) is 3. The van der Waals surface area contributed by atoms with E-state index in [1.165, 1.54) is 5.57 Å². The van der Waals surface area contributed by atoms with Crippen LogP contribution in [0, 0.1) is 23.2 Å². The highest BCUT2D eigenvalue weighted by Gasteiger charge is 2.53. The summed E-state index contributed by atoms with van der Waals surface area (Å²) < 4.78 is 11.7. The molecule has 0 radical (unpaired) electrons. The van der Waals surface area contributed by atoms with E-state index in [4.69, 9.17) is 9.47 Å². The molecule has 1 aliphatic heterocycles. The third-order valence-corrected chi connectivity index (χ3v) is 6.01. The summed E-state index contributed by atoms with van der Waals surface area (Å²) in [5.41, 5.74) is 1.88. The minimum atomic E-state index is -0.423. The van der Waals surface area contributed by atoms with Gasteiger partial charge >= 0.3 is 6.09 Å². The molecule has 1 aromatic rings. The number of anilines is 1. The summed E-state index contributed by atoms with van der Waals surface area (Å²) in [4.78, 5) is 12.2. The first kappa shape index (κ1) is 17.7. The third kappa shape index (κ3) is 3.23. The van der Waals surface area contributed by atoms with Gasteiger partial charge in [-0.25, -0.2) is 4.79 Å². The molecule has 4 nitrogen and oxygen atoms in total. The number of carbonyl (C=O) groups is 1. The fourth-order valence-electron chi connectivity index (χ4n) is 4.39. The quantitative estimate of drug-likeness (QED) is 0.811. The summed E-state index contributed by atoms with van der Waals surface area (Å²) in [6.07, 6.45) is 3.81. The van der Waals surface area contributed by atoms with Gasteiger partial charge in [0.05, 0.1) is 12.7 Å². The number of rotatable bonds is 4. The van der Waals surface area contributed by atoms with Crippen LogP contribution in [0.25, 0.3) is 0 Å². The Kier molecular flexibility index (Phi) is 5.00. The maximum Gasteiger partial charge on any atom is 0.411 e. The first-order valence-corrected chi connectivity index (χ1v) is 8.89. The fraction of sp³-hybridized carbons (Fsp3) is 0.476. The summed E-state index contributed by atoms with van der Waals surface area (Å²) in [5, 5.41) is 2.78. The third-order valence-electron chi connectivity index (χ3n) is 6.01. The van der Waals surface area contributed by atoms with E-state index in [1.54, 1.807) is 0 Å². The summed E-state index contributed by atoms with van der Waals surface area (Å²) >= 11 is 0. The zero-order valence-electron chi connectivity index (χ0n) is 15.2. The van der Waals surface area contributed by atoms with Crippen molar-refractivity contribution >= 4 is 11.8 Å². The molecule has 4 heteroatoms. The van der Waals surface area contributed by atoms with E-state index in [0.717, 1.165) is 5.69 Å². The lowest BCUT2D eigenvalue weighted by Gasteiger charge is -2.54. The molecule has 1 amide bonds. The lowest BCUT2D eigenvalue weighted by atomic mass is 9.56. The molecule has 1 heterocycles. The van der Waals surface area contributed by atoms with Gasteiger partial charge < -0.3 is 9.47 Å². The van der Waals surface area contributed by atoms with Gasteiger partial charge in [-0.1, -0.05) is 49.8 Å². The Labute approximate surface area is 149 Å². The SMILES string of the molecule is C=C[C@H]1OC[C@@]2(COC(=O)Nc3ccccc3)[C@H](C)C=C(C)[C@@H]1[C@H]2C. The molecule has 1 aliphatic carbocycles. The summed E-state index contributed by atoms with van der Waals surface area (Å²) in [5.74, 6) is 0.936. The second-order valence-corrected chi connectivity index (χ2v) is 7.33. The van der Waals surface area contributed by atoms with Crippen LogP contribution in [-0.4, -0.2) is 25.4 Å². The Balaban J connectivity index is 1.72. The average molecular weight is 341 g/mol. The van der Waals surface area contributed by atoms with Crippen molar-refractivity contribution in [3.05, 3.63) is 54.6 Å². The Bertz CT molecular complexity index is 669. The molecule has 1 N–H and O–H groups in total. The number of carbonyl (C=O) groups excluding carboxylic acids is 1. The van der Waals surface area contributed by atoms with Gasteiger partial charge in [-0.2, -0.15) is 0 Å². The number of fused-ring (bicyclic) bond motifs is 2. The second kappa shape index (κ2) is 7.04. The van der Waals surface area contributed by atoms with Gasteiger partial charge in [0.25, 0.3) is 0 Å². The normalized spacial score (nSPS) is 34.0. The van der Waals surface area contributed by atoms with Crippen molar-refractivity contribution in [2.75, 3.05) is 18.5 Å². The molecule has 1 fully saturated rings. The number of hydrogen-bond donors (Lipinski definition) is 1. The predicted octanol–water partition coefficient (Wildman–Crippen LogP) is 4.65. The van der Waals surface area contributed by atoms with Gasteiger partial charge in [0.1, 0.15) is 6.61 Å². The molecule has 25 heavy (non-hydrogen) atoms. The highest BCUT2D eigenvalue weighted by molar-refractivity contribution is 5.84. The van der Waals surface area contributed by atoms with Crippen LogP contribution in [0.1, 0.15) is 20.8 Å². The van der Waals surface area contributed by atoms with Crippen molar-refractivity contribution in [1.82, 2.24) is 0 Å². The summed E-state index contributed by atoms with van der Waals surface area (Å²) in [6, 6.07) is 9.34.